The van der Waals surface area contributed by atoms with Crippen molar-refractivity contribution in [2.75, 3.05) is 35.9 Å². The molecule has 0 saturated heterocycles. The lowest BCUT2D eigenvalue weighted by atomic mass is 10.1. The summed E-state index contributed by atoms with van der Waals surface area (Å²) in [7, 11) is 2.93. The fourth-order valence-corrected chi connectivity index (χ4v) is 4.25. The highest BCUT2D eigenvalue weighted by molar-refractivity contribution is 6.53. The SMILES string of the molecule is CCN(C(=O)c1ccc(NC2=C(Cl)C(=O)N(c3ccc(OC)cc3OC)C2=O)cc1)c1cccc(C)c1. The molecule has 1 aliphatic rings. The molecule has 8 nitrogen and oxygen atoms in total. The van der Waals surface area contributed by atoms with Crippen molar-refractivity contribution in [3.05, 3.63) is 88.6 Å². The number of ether oxygens (including phenoxy) is 2. The number of aryl methyl sites for hydroxylation is 1. The third-order valence-electron chi connectivity index (χ3n) is 5.93. The molecule has 37 heavy (non-hydrogen) atoms. The van der Waals surface area contributed by atoms with Crippen LogP contribution in [0.4, 0.5) is 17.1 Å². The molecule has 3 aromatic rings. The molecule has 190 valence electrons. The normalized spacial score (nSPS) is 13.2. The van der Waals surface area contributed by atoms with Gasteiger partial charge in [0.15, 0.2) is 0 Å². The van der Waals surface area contributed by atoms with E-state index in [1.807, 2.05) is 38.1 Å². The quantitative estimate of drug-likeness (QED) is 0.416. The molecule has 0 saturated carbocycles. The second kappa shape index (κ2) is 10.8. The standard InChI is InChI=1S/C28H26ClN3O5/c1-5-31(20-8-6-7-17(2)15-20)26(33)18-9-11-19(12-10-18)30-25-24(29)27(34)32(28(25)35)22-14-13-21(36-3)16-23(22)37-4/h6-16,30H,5H2,1-4H3. The van der Waals surface area contributed by atoms with E-state index in [0.29, 0.717) is 23.5 Å². The molecule has 0 unspecified atom stereocenters. The Hall–Kier alpha value is -4.30. The molecule has 4 rings (SSSR count). The Balaban J connectivity index is 1.54. The Kier molecular flexibility index (Phi) is 7.50. The Morgan fingerprint density at radius 3 is 2.32 bits per heavy atom. The van der Waals surface area contributed by atoms with Crippen molar-refractivity contribution in [2.24, 2.45) is 0 Å². The number of anilines is 3. The van der Waals surface area contributed by atoms with Crippen molar-refractivity contribution in [1.29, 1.82) is 0 Å². The van der Waals surface area contributed by atoms with Crippen LogP contribution in [-0.2, 0) is 9.59 Å². The third-order valence-corrected chi connectivity index (χ3v) is 6.28. The van der Waals surface area contributed by atoms with Crippen LogP contribution in [0, 0.1) is 6.92 Å². The zero-order valence-corrected chi connectivity index (χ0v) is 21.6. The highest BCUT2D eigenvalue weighted by Gasteiger charge is 2.40. The molecule has 0 bridgehead atoms. The van der Waals surface area contributed by atoms with Gasteiger partial charge in [-0.25, -0.2) is 4.90 Å². The van der Waals surface area contributed by atoms with E-state index in [0.717, 1.165) is 16.2 Å². The molecule has 3 aromatic carbocycles. The van der Waals surface area contributed by atoms with E-state index < -0.39 is 11.8 Å². The number of nitrogens with zero attached hydrogens (tertiary/aromatic N) is 2. The van der Waals surface area contributed by atoms with Crippen molar-refractivity contribution < 1.29 is 23.9 Å². The van der Waals surface area contributed by atoms with Crippen LogP contribution >= 0.6 is 11.6 Å². The van der Waals surface area contributed by atoms with Gasteiger partial charge in [-0.15, -0.1) is 0 Å². The molecule has 1 aliphatic heterocycles. The maximum Gasteiger partial charge on any atom is 0.283 e. The van der Waals surface area contributed by atoms with Crippen molar-refractivity contribution in [2.45, 2.75) is 13.8 Å². The fourth-order valence-electron chi connectivity index (χ4n) is 4.04. The Morgan fingerprint density at radius 2 is 1.70 bits per heavy atom. The maximum absolute atomic E-state index is 13.2. The van der Waals surface area contributed by atoms with Crippen LogP contribution in [-0.4, -0.2) is 38.5 Å². The molecule has 9 heteroatoms. The van der Waals surface area contributed by atoms with Crippen LogP contribution in [0.15, 0.2) is 77.5 Å². The van der Waals surface area contributed by atoms with Gasteiger partial charge in [0.05, 0.1) is 19.9 Å². The van der Waals surface area contributed by atoms with Crippen LogP contribution in [0.25, 0.3) is 0 Å². The molecular weight excluding hydrogens is 494 g/mol. The minimum Gasteiger partial charge on any atom is -0.497 e. The largest absolute Gasteiger partial charge is 0.497 e. The summed E-state index contributed by atoms with van der Waals surface area (Å²) in [5.74, 6) is -0.669. The lowest BCUT2D eigenvalue weighted by molar-refractivity contribution is -0.120. The van der Waals surface area contributed by atoms with Crippen LogP contribution in [0.2, 0.25) is 0 Å². The van der Waals surface area contributed by atoms with Gasteiger partial charge in [-0.1, -0.05) is 23.7 Å². The summed E-state index contributed by atoms with van der Waals surface area (Å²) in [6.07, 6.45) is 0. The molecule has 0 spiro atoms. The number of carbonyl (C=O) groups excluding carboxylic acids is 3. The zero-order valence-electron chi connectivity index (χ0n) is 20.9. The molecule has 0 atom stereocenters. The number of hydrogen-bond acceptors (Lipinski definition) is 6. The first-order valence-corrected chi connectivity index (χ1v) is 11.9. The first kappa shape index (κ1) is 25.8. The number of methoxy groups -OCH3 is 2. The van der Waals surface area contributed by atoms with E-state index >= 15 is 0 Å². The Labute approximate surface area is 220 Å². The number of halogens is 1. The average Bonchev–Trinajstić information content (AvgIpc) is 3.12. The smallest absolute Gasteiger partial charge is 0.283 e. The van der Waals surface area contributed by atoms with Gasteiger partial charge in [0, 0.05) is 29.5 Å². The van der Waals surface area contributed by atoms with Crippen molar-refractivity contribution in [1.82, 2.24) is 0 Å². The Morgan fingerprint density at radius 1 is 0.973 bits per heavy atom. The van der Waals surface area contributed by atoms with Crippen LogP contribution in [0.3, 0.4) is 0 Å². The van der Waals surface area contributed by atoms with Crippen molar-refractivity contribution in [3.8, 4) is 11.5 Å². The molecule has 3 amide bonds. The molecular formula is C28H26ClN3O5. The van der Waals surface area contributed by atoms with E-state index in [4.69, 9.17) is 21.1 Å². The van der Waals surface area contributed by atoms with Gasteiger partial charge in [-0.3, -0.25) is 14.4 Å². The molecule has 0 aliphatic carbocycles. The van der Waals surface area contributed by atoms with E-state index in [1.54, 1.807) is 47.4 Å². The summed E-state index contributed by atoms with van der Waals surface area (Å²) in [6, 6.07) is 19.1. The Bertz CT molecular complexity index is 1400. The second-order valence-corrected chi connectivity index (χ2v) is 8.64. The number of rotatable bonds is 8. The van der Waals surface area contributed by atoms with Gasteiger partial charge in [0.25, 0.3) is 17.7 Å². The number of benzene rings is 3. The molecule has 0 radical (unpaired) electrons. The highest BCUT2D eigenvalue weighted by Crippen LogP contribution is 2.37. The number of amides is 3. The topological polar surface area (TPSA) is 88.2 Å². The zero-order chi connectivity index (χ0) is 26.7. The molecule has 0 aromatic heterocycles. The average molecular weight is 520 g/mol. The van der Waals surface area contributed by atoms with E-state index in [1.165, 1.54) is 14.2 Å². The lowest BCUT2D eigenvalue weighted by Crippen LogP contribution is -2.32. The van der Waals surface area contributed by atoms with Crippen molar-refractivity contribution >= 4 is 46.4 Å². The summed E-state index contributed by atoms with van der Waals surface area (Å²) in [5, 5.41) is 2.67. The molecule has 1 N–H and O–H groups in total. The molecule has 0 fully saturated rings. The van der Waals surface area contributed by atoms with E-state index in [9.17, 15) is 14.4 Å². The predicted molar refractivity (Wildman–Crippen MR) is 144 cm³/mol. The predicted octanol–water partition coefficient (Wildman–Crippen LogP) is 5.11. The summed E-state index contributed by atoms with van der Waals surface area (Å²) in [6.45, 7) is 4.39. The summed E-state index contributed by atoms with van der Waals surface area (Å²) in [5.41, 5.74) is 3.02. The molecule has 1 heterocycles. The van der Waals surface area contributed by atoms with Gasteiger partial charge in [0.1, 0.15) is 22.2 Å². The van der Waals surface area contributed by atoms with Gasteiger partial charge in [0.2, 0.25) is 0 Å². The van der Waals surface area contributed by atoms with Gasteiger partial charge < -0.3 is 19.7 Å². The number of imide groups is 1. The van der Waals surface area contributed by atoms with E-state index in [2.05, 4.69) is 5.32 Å². The van der Waals surface area contributed by atoms with Gasteiger partial charge >= 0.3 is 0 Å². The first-order chi connectivity index (χ1) is 17.8. The second-order valence-electron chi connectivity index (χ2n) is 8.26. The fraction of sp³-hybridized carbons (Fsp3) is 0.179. The third kappa shape index (κ3) is 5.01. The van der Waals surface area contributed by atoms with Crippen LogP contribution in [0.1, 0.15) is 22.8 Å². The van der Waals surface area contributed by atoms with Crippen molar-refractivity contribution in [3.63, 3.8) is 0 Å². The minimum atomic E-state index is -0.679. The highest BCUT2D eigenvalue weighted by atomic mass is 35.5. The van der Waals surface area contributed by atoms with Gasteiger partial charge in [-0.05, 0) is 67.9 Å². The van der Waals surface area contributed by atoms with Crippen LogP contribution in [0.5, 0.6) is 11.5 Å². The number of nitrogens with one attached hydrogen (secondary N) is 1. The van der Waals surface area contributed by atoms with Gasteiger partial charge in [-0.2, -0.15) is 0 Å². The first-order valence-electron chi connectivity index (χ1n) is 11.5. The monoisotopic (exact) mass is 519 g/mol. The number of hydrogen-bond donors (Lipinski definition) is 1. The summed E-state index contributed by atoms with van der Waals surface area (Å²) >= 11 is 6.27. The van der Waals surface area contributed by atoms with E-state index in [-0.39, 0.29) is 28.1 Å². The maximum atomic E-state index is 13.2. The lowest BCUT2D eigenvalue weighted by Gasteiger charge is -2.22. The summed E-state index contributed by atoms with van der Waals surface area (Å²) < 4.78 is 10.5. The number of carbonyl (C=O) groups is 3. The van der Waals surface area contributed by atoms with Crippen LogP contribution < -0.4 is 24.6 Å². The minimum absolute atomic E-state index is 0.0708. The summed E-state index contributed by atoms with van der Waals surface area (Å²) in [4.78, 5) is 41.9.